The molecule has 3 rings (SSSR count). The molecule has 6 heteroatoms. The lowest BCUT2D eigenvalue weighted by Gasteiger charge is -2.16. The first-order chi connectivity index (χ1) is 10.0. The molecule has 0 aliphatic carbocycles. The molecule has 1 aromatic carbocycles. The number of thioether (sulfide) groups is 1. The third kappa shape index (κ3) is 2.06. The average Bonchev–Trinajstić information content (AvgIpc) is 2.75. The topological polar surface area (TPSA) is 67.6 Å². The standard InChI is InChI=1S/C15H13NO4S/c1-8-9-5-3-4-6-10(9)20-15(19)13(8)16-12(17)7-11(21-2)14(16)18/h3-6,11H,7H2,1-2H3. The van der Waals surface area contributed by atoms with E-state index in [4.69, 9.17) is 4.42 Å². The van der Waals surface area contributed by atoms with Crippen LogP contribution in [0.25, 0.3) is 11.0 Å². The summed E-state index contributed by atoms with van der Waals surface area (Å²) in [4.78, 5) is 37.6. The number of rotatable bonds is 2. The molecule has 0 radical (unpaired) electrons. The summed E-state index contributed by atoms with van der Waals surface area (Å²) in [7, 11) is 0. The number of para-hydroxylation sites is 1. The van der Waals surface area contributed by atoms with Crippen LogP contribution in [-0.4, -0.2) is 23.3 Å². The first-order valence-corrected chi connectivity index (χ1v) is 7.75. The Morgan fingerprint density at radius 2 is 1.95 bits per heavy atom. The zero-order valence-electron chi connectivity index (χ0n) is 11.6. The van der Waals surface area contributed by atoms with E-state index in [-0.39, 0.29) is 23.9 Å². The highest BCUT2D eigenvalue weighted by Crippen LogP contribution is 2.31. The molecule has 1 aliphatic heterocycles. The molecule has 0 bridgehead atoms. The van der Waals surface area contributed by atoms with E-state index in [0.717, 1.165) is 10.3 Å². The van der Waals surface area contributed by atoms with Crippen molar-refractivity contribution in [2.75, 3.05) is 11.2 Å². The Kier molecular flexibility index (Phi) is 3.33. The number of hydrogen-bond donors (Lipinski definition) is 0. The zero-order valence-corrected chi connectivity index (χ0v) is 12.4. The molecular weight excluding hydrogens is 290 g/mol. The Labute approximate surface area is 124 Å². The largest absolute Gasteiger partial charge is 0.421 e. The minimum absolute atomic E-state index is 0.0419. The number of benzene rings is 1. The quantitative estimate of drug-likeness (QED) is 0.628. The molecule has 1 aromatic heterocycles. The van der Waals surface area contributed by atoms with E-state index in [0.29, 0.717) is 11.1 Å². The monoisotopic (exact) mass is 303 g/mol. The molecule has 0 saturated carbocycles. The van der Waals surface area contributed by atoms with Gasteiger partial charge in [-0.2, -0.15) is 11.8 Å². The second-order valence-electron chi connectivity index (χ2n) is 4.86. The normalized spacial score (nSPS) is 18.8. The number of aryl methyl sites for hydroxylation is 1. The van der Waals surface area contributed by atoms with E-state index < -0.39 is 10.9 Å². The van der Waals surface area contributed by atoms with Crippen LogP contribution in [0.4, 0.5) is 5.69 Å². The Balaban J connectivity index is 2.24. The lowest BCUT2D eigenvalue weighted by Crippen LogP contribution is -2.35. The number of hydrogen-bond acceptors (Lipinski definition) is 5. The summed E-state index contributed by atoms with van der Waals surface area (Å²) in [6, 6.07) is 7.07. The fraction of sp³-hybridized carbons (Fsp3) is 0.267. The van der Waals surface area contributed by atoms with Crippen LogP contribution in [0.5, 0.6) is 0 Å². The van der Waals surface area contributed by atoms with Gasteiger partial charge in [0.05, 0.1) is 5.25 Å². The number of imide groups is 1. The van der Waals surface area contributed by atoms with Crippen LogP contribution < -0.4 is 10.5 Å². The van der Waals surface area contributed by atoms with Gasteiger partial charge in [0.25, 0.3) is 0 Å². The molecule has 21 heavy (non-hydrogen) atoms. The lowest BCUT2D eigenvalue weighted by molar-refractivity contribution is -0.121. The van der Waals surface area contributed by atoms with Crippen LogP contribution in [0.3, 0.4) is 0 Å². The first-order valence-electron chi connectivity index (χ1n) is 6.46. The molecule has 0 spiro atoms. The van der Waals surface area contributed by atoms with Crippen molar-refractivity contribution in [2.24, 2.45) is 0 Å². The molecule has 2 heterocycles. The van der Waals surface area contributed by atoms with Crippen molar-refractivity contribution >= 4 is 40.2 Å². The number of carbonyl (C=O) groups is 2. The van der Waals surface area contributed by atoms with Crippen molar-refractivity contribution < 1.29 is 14.0 Å². The highest BCUT2D eigenvalue weighted by molar-refractivity contribution is 8.00. The van der Waals surface area contributed by atoms with Gasteiger partial charge >= 0.3 is 5.63 Å². The highest BCUT2D eigenvalue weighted by atomic mass is 32.2. The summed E-state index contributed by atoms with van der Waals surface area (Å²) in [5, 5.41) is 0.295. The predicted molar refractivity (Wildman–Crippen MR) is 81.6 cm³/mol. The van der Waals surface area contributed by atoms with Gasteiger partial charge in [-0.05, 0) is 24.8 Å². The van der Waals surface area contributed by atoms with Gasteiger partial charge in [0.15, 0.2) is 0 Å². The van der Waals surface area contributed by atoms with Gasteiger partial charge in [0, 0.05) is 11.8 Å². The average molecular weight is 303 g/mol. The minimum Gasteiger partial charge on any atom is -0.421 e. The number of amides is 2. The maximum absolute atomic E-state index is 12.3. The maximum atomic E-state index is 12.3. The maximum Gasteiger partial charge on any atom is 0.361 e. The van der Waals surface area contributed by atoms with Crippen molar-refractivity contribution in [3.8, 4) is 0 Å². The van der Waals surface area contributed by atoms with E-state index >= 15 is 0 Å². The summed E-state index contributed by atoms with van der Waals surface area (Å²) in [6.07, 6.45) is 1.89. The van der Waals surface area contributed by atoms with Crippen molar-refractivity contribution in [1.29, 1.82) is 0 Å². The predicted octanol–water partition coefficient (Wildman–Crippen LogP) is 2.10. The second kappa shape index (κ2) is 5.04. The van der Waals surface area contributed by atoms with Crippen LogP contribution in [0.15, 0.2) is 33.5 Å². The molecule has 108 valence electrons. The van der Waals surface area contributed by atoms with Gasteiger partial charge in [-0.3, -0.25) is 9.59 Å². The SMILES string of the molecule is CSC1CC(=O)N(c2c(C)c3ccccc3oc2=O)C1=O. The van der Waals surface area contributed by atoms with Crippen LogP contribution in [0, 0.1) is 6.92 Å². The summed E-state index contributed by atoms with van der Waals surface area (Å²) in [5.41, 5.74) is 0.421. The molecule has 1 unspecified atom stereocenters. The van der Waals surface area contributed by atoms with Crippen molar-refractivity contribution in [3.63, 3.8) is 0 Å². The highest BCUT2D eigenvalue weighted by Gasteiger charge is 2.41. The molecular formula is C15H13NO4S. The fourth-order valence-electron chi connectivity index (χ4n) is 2.58. The van der Waals surface area contributed by atoms with Gasteiger partial charge in [-0.25, -0.2) is 9.69 Å². The van der Waals surface area contributed by atoms with E-state index in [2.05, 4.69) is 0 Å². The molecule has 2 aromatic rings. The summed E-state index contributed by atoms with van der Waals surface area (Å²) in [5.74, 6) is -0.705. The van der Waals surface area contributed by atoms with E-state index in [1.807, 2.05) is 6.07 Å². The summed E-state index contributed by atoms with van der Waals surface area (Å²) >= 11 is 1.31. The van der Waals surface area contributed by atoms with Crippen molar-refractivity contribution in [1.82, 2.24) is 0 Å². The Morgan fingerprint density at radius 1 is 1.24 bits per heavy atom. The van der Waals surface area contributed by atoms with Crippen LogP contribution in [0.1, 0.15) is 12.0 Å². The lowest BCUT2D eigenvalue weighted by atomic mass is 10.1. The molecule has 1 saturated heterocycles. The van der Waals surface area contributed by atoms with Crippen molar-refractivity contribution in [2.45, 2.75) is 18.6 Å². The van der Waals surface area contributed by atoms with Gasteiger partial charge < -0.3 is 4.42 Å². The number of nitrogens with zero attached hydrogens (tertiary/aromatic N) is 1. The van der Waals surface area contributed by atoms with E-state index in [1.54, 1.807) is 31.4 Å². The Bertz CT molecular complexity index is 811. The fourth-order valence-corrected chi connectivity index (χ4v) is 3.19. The molecule has 1 fully saturated rings. The van der Waals surface area contributed by atoms with Crippen LogP contribution >= 0.6 is 11.8 Å². The van der Waals surface area contributed by atoms with Gasteiger partial charge in [0.1, 0.15) is 11.3 Å². The van der Waals surface area contributed by atoms with Crippen molar-refractivity contribution in [3.05, 3.63) is 40.2 Å². The summed E-state index contributed by atoms with van der Waals surface area (Å²) < 4.78 is 5.24. The van der Waals surface area contributed by atoms with Crippen LogP contribution in [-0.2, 0) is 9.59 Å². The number of carbonyl (C=O) groups excluding carboxylic acids is 2. The smallest absolute Gasteiger partial charge is 0.361 e. The second-order valence-corrected chi connectivity index (χ2v) is 5.90. The van der Waals surface area contributed by atoms with Gasteiger partial charge in [-0.15, -0.1) is 0 Å². The van der Waals surface area contributed by atoms with Crippen LogP contribution in [0.2, 0.25) is 0 Å². The van der Waals surface area contributed by atoms with E-state index in [1.165, 1.54) is 11.8 Å². The molecule has 0 N–H and O–H groups in total. The number of fused-ring (bicyclic) bond motifs is 1. The Hall–Kier alpha value is -2.08. The third-order valence-electron chi connectivity index (χ3n) is 3.66. The summed E-state index contributed by atoms with van der Waals surface area (Å²) in [6.45, 7) is 1.72. The molecule has 5 nitrogen and oxygen atoms in total. The number of anilines is 1. The minimum atomic E-state index is -0.658. The van der Waals surface area contributed by atoms with E-state index in [9.17, 15) is 14.4 Å². The van der Waals surface area contributed by atoms with Gasteiger partial charge in [-0.1, -0.05) is 18.2 Å². The molecule has 2 amide bonds. The first kappa shape index (κ1) is 13.9. The molecule has 1 atom stereocenters. The Morgan fingerprint density at radius 3 is 2.62 bits per heavy atom. The molecule has 1 aliphatic rings. The zero-order chi connectivity index (χ0) is 15.1. The third-order valence-corrected chi connectivity index (χ3v) is 4.59. The van der Waals surface area contributed by atoms with Gasteiger partial charge in [0.2, 0.25) is 11.8 Å².